The number of nitrogens with zero attached hydrogens (tertiary/aromatic N) is 4. The van der Waals surface area contributed by atoms with Gasteiger partial charge in [-0.2, -0.15) is 0 Å². The molecule has 3 heterocycles. The topological polar surface area (TPSA) is 95.3 Å². The van der Waals surface area contributed by atoms with E-state index in [1.165, 1.54) is 21.5 Å². The molecule has 0 atom stereocenters. The van der Waals surface area contributed by atoms with Crippen LogP contribution in [0.3, 0.4) is 0 Å². The summed E-state index contributed by atoms with van der Waals surface area (Å²) in [5, 5.41) is 22.8. The number of ether oxygens (including phenoxy) is 1. The van der Waals surface area contributed by atoms with Crippen molar-refractivity contribution in [2.75, 3.05) is 6.61 Å². The van der Waals surface area contributed by atoms with Gasteiger partial charge in [-0.25, -0.2) is 4.79 Å². The van der Waals surface area contributed by atoms with Crippen molar-refractivity contribution in [3.05, 3.63) is 152 Å². The Kier molecular flexibility index (Phi) is 7.62. The van der Waals surface area contributed by atoms with Crippen LogP contribution in [0.15, 0.2) is 156 Å². The SMILES string of the molecule is C=C(CCCOc1cccc(-c2nnc(-c3cc(-n4c5ccccc5c5ccccc54)cc(-n4c5ccccc5c5ccccc54)c3)o2)c1)C(=O)O. The first-order valence-electron chi connectivity index (χ1n) is 17.1. The number of benzene rings is 6. The molecule has 252 valence electrons. The normalized spacial score (nSPS) is 11.5. The van der Waals surface area contributed by atoms with Crippen LogP contribution in [0.4, 0.5) is 0 Å². The van der Waals surface area contributed by atoms with Crippen molar-refractivity contribution in [1.29, 1.82) is 0 Å². The van der Waals surface area contributed by atoms with E-state index in [2.05, 4.69) is 141 Å². The number of aliphatic carboxylic acids is 1. The second-order valence-electron chi connectivity index (χ2n) is 12.8. The second kappa shape index (κ2) is 12.8. The number of hydrogen-bond acceptors (Lipinski definition) is 5. The molecule has 6 aromatic carbocycles. The summed E-state index contributed by atoms with van der Waals surface area (Å²) in [6.07, 6.45) is 0.892. The first-order chi connectivity index (χ1) is 25.5. The van der Waals surface area contributed by atoms with Crippen molar-refractivity contribution in [1.82, 2.24) is 19.3 Å². The summed E-state index contributed by atoms with van der Waals surface area (Å²) in [6.45, 7) is 3.94. The summed E-state index contributed by atoms with van der Waals surface area (Å²) >= 11 is 0. The van der Waals surface area contributed by atoms with Gasteiger partial charge in [-0.1, -0.05) is 85.4 Å². The van der Waals surface area contributed by atoms with Crippen LogP contribution in [0.5, 0.6) is 5.75 Å². The van der Waals surface area contributed by atoms with Crippen molar-refractivity contribution >= 4 is 49.6 Å². The molecule has 0 amide bonds. The van der Waals surface area contributed by atoms with Gasteiger partial charge >= 0.3 is 5.97 Å². The lowest BCUT2D eigenvalue weighted by Crippen LogP contribution is -2.03. The van der Waals surface area contributed by atoms with Gasteiger partial charge in [-0.3, -0.25) is 0 Å². The lowest BCUT2D eigenvalue weighted by Gasteiger charge is -2.14. The number of carbonyl (C=O) groups is 1. The Balaban J connectivity index is 1.17. The molecule has 0 spiro atoms. The van der Waals surface area contributed by atoms with E-state index < -0.39 is 5.97 Å². The Morgan fingerprint density at radius 3 is 1.60 bits per heavy atom. The van der Waals surface area contributed by atoms with Crippen molar-refractivity contribution in [3.63, 3.8) is 0 Å². The molecule has 52 heavy (non-hydrogen) atoms. The summed E-state index contributed by atoms with van der Waals surface area (Å²) in [5.74, 6) is 0.385. The molecule has 1 N–H and O–H groups in total. The number of aromatic nitrogens is 4. The van der Waals surface area contributed by atoms with Gasteiger partial charge in [0.15, 0.2) is 0 Å². The first kappa shape index (κ1) is 31.1. The van der Waals surface area contributed by atoms with Crippen LogP contribution >= 0.6 is 0 Å². The fraction of sp³-hybridized carbons (Fsp3) is 0.0682. The summed E-state index contributed by atoms with van der Waals surface area (Å²) < 4.78 is 16.9. The highest BCUT2D eigenvalue weighted by molar-refractivity contribution is 6.10. The molecule has 8 nitrogen and oxygen atoms in total. The minimum Gasteiger partial charge on any atom is -0.494 e. The van der Waals surface area contributed by atoms with E-state index in [1.807, 2.05) is 24.3 Å². The standard InChI is InChI=1S/C44H32N4O4/c1-28(44(49)50)12-11-23-51-33-14-10-13-29(26-33)42-45-46-43(52-42)30-24-31(47-38-19-6-2-15-34(38)35-16-3-7-20-39(35)47)27-32(25-30)48-40-21-8-4-17-36(40)37-18-5-9-22-41(37)48/h2-10,13-22,24-27H,1,11-12,23H2,(H,49,50). The molecular formula is C44H32N4O4. The highest BCUT2D eigenvalue weighted by Gasteiger charge is 2.19. The highest BCUT2D eigenvalue weighted by Crippen LogP contribution is 2.38. The molecule has 0 radical (unpaired) electrons. The van der Waals surface area contributed by atoms with Crippen LogP contribution in [0, 0.1) is 0 Å². The quantitative estimate of drug-likeness (QED) is 0.114. The van der Waals surface area contributed by atoms with Crippen molar-refractivity contribution in [2.45, 2.75) is 12.8 Å². The molecule has 0 aliphatic heterocycles. The summed E-state index contributed by atoms with van der Waals surface area (Å²) in [7, 11) is 0. The molecule has 3 aromatic heterocycles. The van der Waals surface area contributed by atoms with E-state index in [0.29, 0.717) is 42.5 Å². The molecule has 0 aliphatic rings. The Bertz CT molecular complexity index is 2590. The maximum atomic E-state index is 11.1. The average molecular weight is 681 g/mol. The number of fused-ring (bicyclic) bond motifs is 6. The number of hydrogen-bond donors (Lipinski definition) is 1. The zero-order valence-electron chi connectivity index (χ0n) is 28.1. The van der Waals surface area contributed by atoms with Gasteiger partial charge in [0.05, 0.1) is 28.7 Å². The summed E-state index contributed by atoms with van der Waals surface area (Å²) in [5.41, 5.74) is 8.00. The Morgan fingerprint density at radius 2 is 1.10 bits per heavy atom. The molecule has 9 aromatic rings. The highest BCUT2D eigenvalue weighted by atomic mass is 16.5. The summed E-state index contributed by atoms with van der Waals surface area (Å²) in [6, 6.07) is 47.8. The van der Waals surface area contributed by atoms with E-state index >= 15 is 0 Å². The lowest BCUT2D eigenvalue weighted by atomic mass is 10.1. The van der Waals surface area contributed by atoms with Gasteiger partial charge < -0.3 is 23.4 Å². The van der Waals surface area contributed by atoms with Crippen LogP contribution in [-0.2, 0) is 4.79 Å². The van der Waals surface area contributed by atoms with Gasteiger partial charge in [-0.05, 0) is 73.5 Å². The zero-order valence-corrected chi connectivity index (χ0v) is 28.1. The Morgan fingerprint density at radius 1 is 0.615 bits per heavy atom. The third-order valence-corrected chi connectivity index (χ3v) is 9.53. The predicted octanol–water partition coefficient (Wildman–Crippen LogP) is 10.4. The Hall–Kier alpha value is -6.93. The second-order valence-corrected chi connectivity index (χ2v) is 12.8. The fourth-order valence-corrected chi connectivity index (χ4v) is 7.14. The van der Waals surface area contributed by atoms with Crippen LogP contribution in [-0.4, -0.2) is 37.0 Å². The molecule has 0 fully saturated rings. The molecule has 0 saturated heterocycles. The van der Waals surface area contributed by atoms with E-state index in [4.69, 9.17) is 14.3 Å². The van der Waals surface area contributed by atoms with Crippen LogP contribution in [0.25, 0.3) is 77.9 Å². The third kappa shape index (κ3) is 5.38. The van der Waals surface area contributed by atoms with E-state index in [1.54, 1.807) is 0 Å². The smallest absolute Gasteiger partial charge is 0.330 e. The predicted molar refractivity (Wildman–Crippen MR) is 205 cm³/mol. The van der Waals surface area contributed by atoms with Crippen molar-refractivity contribution < 1.29 is 19.1 Å². The Labute approximate surface area is 298 Å². The first-order valence-corrected chi connectivity index (χ1v) is 17.1. The zero-order chi connectivity index (χ0) is 35.2. The molecule has 0 saturated carbocycles. The van der Waals surface area contributed by atoms with Crippen LogP contribution < -0.4 is 4.74 Å². The van der Waals surface area contributed by atoms with Gasteiger partial charge in [0.1, 0.15) is 5.75 Å². The molecule has 0 unspecified atom stereocenters. The lowest BCUT2D eigenvalue weighted by molar-refractivity contribution is -0.132. The third-order valence-electron chi connectivity index (χ3n) is 9.53. The largest absolute Gasteiger partial charge is 0.494 e. The number of rotatable bonds is 10. The van der Waals surface area contributed by atoms with Crippen molar-refractivity contribution in [2.24, 2.45) is 0 Å². The average Bonchev–Trinajstić information content (AvgIpc) is 3.90. The minimum absolute atomic E-state index is 0.166. The minimum atomic E-state index is -0.989. The van der Waals surface area contributed by atoms with Crippen LogP contribution in [0.2, 0.25) is 0 Å². The van der Waals surface area contributed by atoms with Crippen molar-refractivity contribution in [3.8, 4) is 40.0 Å². The molecule has 0 bridgehead atoms. The van der Waals surface area contributed by atoms with Crippen LogP contribution in [0.1, 0.15) is 12.8 Å². The van der Waals surface area contributed by atoms with Gasteiger partial charge in [0.2, 0.25) is 11.8 Å². The number of para-hydroxylation sites is 4. The monoisotopic (exact) mass is 680 g/mol. The van der Waals surface area contributed by atoms with E-state index in [0.717, 1.165) is 39.0 Å². The molecule has 0 aliphatic carbocycles. The molecule has 9 rings (SSSR count). The van der Waals surface area contributed by atoms with Gasteiger partial charge in [-0.15, -0.1) is 10.2 Å². The summed E-state index contributed by atoms with van der Waals surface area (Å²) in [4.78, 5) is 11.1. The fourth-order valence-electron chi connectivity index (χ4n) is 7.14. The van der Waals surface area contributed by atoms with E-state index in [-0.39, 0.29) is 5.57 Å². The molecular weight excluding hydrogens is 649 g/mol. The maximum absolute atomic E-state index is 11.1. The maximum Gasteiger partial charge on any atom is 0.330 e. The number of carboxylic acid groups (broad SMARTS) is 1. The molecule has 8 heteroatoms. The van der Waals surface area contributed by atoms with Gasteiger partial charge in [0, 0.05) is 49.6 Å². The van der Waals surface area contributed by atoms with E-state index in [9.17, 15) is 4.79 Å². The number of carboxylic acids is 1. The van der Waals surface area contributed by atoms with Gasteiger partial charge in [0.25, 0.3) is 0 Å².